The van der Waals surface area contributed by atoms with Crippen LogP contribution in [0.4, 0.5) is 0 Å². The van der Waals surface area contributed by atoms with Crippen molar-refractivity contribution in [1.82, 2.24) is 15.1 Å². The van der Waals surface area contributed by atoms with Gasteiger partial charge in [-0.25, -0.2) is 0 Å². The molecule has 1 aromatic rings. The van der Waals surface area contributed by atoms with Gasteiger partial charge in [0.15, 0.2) is 0 Å². The van der Waals surface area contributed by atoms with Crippen LogP contribution in [0.15, 0.2) is 24.3 Å². The zero-order chi connectivity index (χ0) is 17.4. The second-order valence-corrected chi connectivity index (χ2v) is 6.11. The number of hydrogen-bond donors (Lipinski definition) is 1. The Morgan fingerprint density at radius 1 is 1.17 bits per heavy atom. The molecule has 1 aliphatic heterocycles. The minimum atomic E-state index is -0.104. The highest BCUT2D eigenvalue weighted by atomic mass is 16.5. The second kappa shape index (κ2) is 9.61. The number of nitrogens with zero attached hydrogens (tertiary/aromatic N) is 2. The first-order valence-corrected chi connectivity index (χ1v) is 8.50. The molecule has 1 aliphatic rings. The number of benzene rings is 1. The number of methoxy groups -OCH3 is 2. The SMILES string of the molecule is COCCN1CCN(C(C)C(=O)NCc2ccc(OC)cc2)CC1. The van der Waals surface area contributed by atoms with E-state index in [1.54, 1.807) is 14.2 Å². The summed E-state index contributed by atoms with van der Waals surface area (Å²) in [6, 6.07) is 7.65. The molecular weight excluding hydrogens is 306 g/mol. The maximum Gasteiger partial charge on any atom is 0.237 e. The highest BCUT2D eigenvalue weighted by molar-refractivity contribution is 5.81. The number of nitrogens with one attached hydrogen (secondary N) is 1. The van der Waals surface area contributed by atoms with Gasteiger partial charge in [0.05, 0.1) is 19.8 Å². The third kappa shape index (κ3) is 5.47. The Hall–Kier alpha value is -1.63. The Morgan fingerprint density at radius 3 is 2.42 bits per heavy atom. The van der Waals surface area contributed by atoms with Crippen molar-refractivity contribution in [2.45, 2.75) is 19.5 Å². The highest BCUT2D eigenvalue weighted by Crippen LogP contribution is 2.11. The number of ether oxygens (including phenoxy) is 2. The summed E-state index contributed by atoms with van der Waals surface area (Å²) in [5, 5.41) is 3.02. The summed E-state index contributed by atoms with van der Waals surface area (Å²) in [5.74, 6) is 0.904. The fourth-order valence-corrected chi connectivity index (χ4v) is 2.84. The summed E-state index contributed by atoms with van der Waals surface area (Å²) >= 11 is 0. The number of amides is 1. The van der Waals surface area contributed by atoms with Gasteiger partial charge in [-0.05, 0) is 24.6 Å². The smallest absolute Gasteiger partial charge is 0.237 e. The Bertz CT molecular complexity index is 499. The van der Waals surface area contributed by atoms with E-state index in [1.165, 1.54) is 0 Å². The molecular formula is C18H29N3O3. The van der Waals surface area contributed by atoms with Crippen LogP contribution in [0.25, 0.3) is 0 Å². The molecule has 1 aromatic carbocycles. The van der Waals surface area contributed by atoms with E-state index >= 15 is 0 Å². The third-order valence-corrected chi connectivity index (χ3v) is 4.57. The monoisotopic (exact) mass is 335 g/mol. The molecule has 6 nitrogen and oxygen atoms in total. The summed E-state index contributed by atoms with van der Waals surface area (Å²) < 4.78 is 10.3. The van der Waals surface area contributed by atoms with Crippen LogP contribution < -0.4 is 10.1 Å². The van der Waals surface area contributed by atoms with Crippen molar-refractivity contribution in [2.24, 2.45) is 0 Å². The lowest BCUT2D eigenvalue weighted by atomic mass is 10.2. The first kappa shape index (κ1) is 18.7. The minimum Gasteiger partial charge on any atom is -0.497 e. The van der Waals surface area contributed by atoms with Crippen LogP contribution in [0, 0.1) is 0 Å². The lowest BCUT2D eigenvalue weighted by molar-refractivity contribution is -0.126. The quantitative estimate of drug-likeness (QED) is 0.767. The molecule has 1 N–H and O–H groups in total. The normalized spacial score (nSPS) is 17.5. The zero-order valence-electron chi connectivity index (χ0n) is 15.0. The van der Waals surface area contributed by atoms with Crippen LogP contribution in [-0.4, -0.2) is 75.3 Å². The van der Waals surface area contributed by atoms with E-state index in [0.717, 1.165) is 50.6 Å². The largest absolute Gasteiger partial charge is 0.497 e. The molecule has 24 heavy (non-hydrogen) atoms. The van der Waals surface area contributed by atoms with Crippen molar-refractivity contribution in [3.63, 3.8) is 0 Å². The van der Waals surface area contributed by atoms with Crippen LogP contribution in [-0.2, 0) is 16.1 Å². The minimum absolute atomic E-state index is 0.0798. The van der Waals surface area contributed by atoms with Crippen LogP contribution in [0.3, 0.4) is 0 Å². The molecule has 2 rings (SSSR count). The summed E-state index contributed by atoms with van der Waals surface area (Å²) in [6.45, 7) is 8.05. The molecule has 134 valence electrons. The van der Waals surface area contributed by atoms with E-state index in [1.807, 2.05) is 31.2 Å². The molecule has 1 atom stereocenters. The van der Waals surface area contributed by atoms with Crippen molar-refractivity contribution >= 4 is 5.91 Å². The molecule has 0 bridgehead atoms. The maximum absolute atomic E-state index is 12.4. The molecule has 6 heteroatoms. The van der Waals surface area contributed by atoms with Crippen molar-refractivity contribution in [1.29, 1.82) is 0 Å². The molecule has 1 fully saturated rings. The van der Waals surface area contributed by atoms with E-state index in [2.05, 4.69) is 15.1 Å². The number of hydrogen-bond acceptors (Lipinski definition) is 5. The first-order valence-electron chi connectivity index (χ1n) is 8.50. The van der Waals surface area contributed by atoms with Gasteiger partial charge < -0.3 is 14.8 Å². The number of piperazine rings is 1. The highest BCUT2D eigenvalue weighted by Gasteiger charge is 2.25. The van der Waals surface area contributed by atoms with Gasteiger partial charge in [0, 0.05) is 46.4 Å². The van der Waals surface area contributed by atoms with E-state index in [-0.39, 0.29) is 11.9 Å². The zero-order valence-corrected chi connectivity index (χ0v) is 15.0. The fourth-order valence-electron chi connectivity index (χ4n) is 2.84. The fraction of sp³-hybridized carbons (Fsp3) is 0.611. The molecule has 0 aliphatic carbocycles. The molecule has 1 unspecified atom stereocenters. The second-order valence-electron chi connectivity index (χ2n) is 6.11. The molecule has 1 saturated heterocycles. The van der Waals surface area contributed by atoms with E-state index in [9.17, 15) is 4.79 Å². The first-order chi connectivity index (χ1) is 11.6. The Balaban J connectivity index is 1.73. The summed E-state index contributed by atoms with van der Waals surface area (Å²) in [5.41, 5.74) is 1.07. The van der Waals surface area contributed by atoms with Crippen molar-refractivity contribution < 1.29 is 14.3 Å². The molecule has 1 heterocycles. The molecule has 0 spiro atoms. The van der Waals surface area contributed by atoms with Gasteiger partial charge in [0.1, 0.15) is 5.75 Å². The van der Waals surface area contributed by atoms with E-state index < -0.39 is 0 Å². The molecule has 0 radical (unpaired) electrons. The summed E-state index contributed by atoms with van der Waals surface area (Å²) in [6.07, 6.45) is 0. The Labute approximate surface area is 144 Å². The van der Waals surface area contributed by atoms with Gasteiger partial charge in [-0.15, -0.1) is 0 Å². The standard InChI is InChI=1S/C18H29N3O3/c1-15(21-10-8-20(9-11-21)12-13-23-2)18(22)19-14-16-4-6-17(24-3)7-5-16/h4-7,15H,8-14H2,1-3H3,(H,19,22). The van der Waals surface area contributed by atoms with Gasteiger partial charge in [-0.3, -0.25) is 14.6 Å². The summed E-state index contributed by atoms with van der Waals surface area (Å²) in [4.78, 5) is 17.0. The number of rotatable bonds is 8. The van der Waals surface area contributed by atoms with Gasteiger partial charge >= 0.3 is 0 Å². The van der Waals surface area contributed by atoms with Crippen LogP contribution in [0.2, 0.25) is 0 Å². The van der Waals surface area contributed by atoms with Crippen molar-refractivity contribution in [3.05, 3.63) is 29.8 Å². The molecule has 0 aromatic heterocycles. The number of carbonyl (C=O) groups is 1. The number of carbonyl (C=O) groups excluding carboxylic acids is 1. The topological polar surface area (TPSA) is 54.0 Å². The van der Waals surface area contributed by atoms with Crippen LogP contribution in [0.5, 0.6) is 5.75 Å². The maximum atomic E-state index is 12.4. The molecule has 1 amide bonds. The van der Waals surface area contributed by atoms with Crippen molar-refractivity contribution in [2.75, 3.05) is 53.6 Å². The lowest BCUT2D eigenvalue weighted by Crippen LogP contribution is -2.54. The van der Waals surface area contributed by atoms with Gasteiger partial charge in [0.2, 0.25) is 5.91 Å². The van der Waals surface area contributed by atoms with Crippen LogP contribution in [0.1, 0.15) is 12.5 Å². The Morgan fingerprint density at radius 2 is 1.83 bits per heavy atom. The van der Waals surface area contributed by atoms with Gasteiger partial charge in [-0.2, -0.15) is 0 Å². The van der Waals surface area contributed by atoms with Gasteiger partial charge in [0.25, 0.3) is 0 Å². The van der Waals surface area contributed by atoms with Crippen LogP contribution >= 0.6 is 0 Å². The van der Waals surface area contributed by atoms with E-state index in [0.29, 0.717) is 6.54 Å². The lowest BCUT2D eigenvalue weighted by Gasteiger charge is -2.37. The summed E-state index contributed by atoms with van der Waals surface area (Å²) in [7, 11) is 3.37. The predicted molar refractivity (Wildman–Crippen MR) is 94.2 cm³/mol. The average Bonchev–Trinajstić information content (AvgIpc) is 2.64. The van der Waals surface area contributed by atoms with E-state index in [4.69, 9.17) is 9.47 Å². The predicted octanol–water partition coefficient (Wildman–Crippen LogP) is 0.964. The van der Waals surface area contributed by atoms with Gasteiger partial charge in [-0.1, -0.05) is 12.1 Å². The Kier molecular flexibility index (Phi) is 7.49. The van der Waals surface area contributed by atoms with Crippen molar-refractivity contribution in [3.8, 4) is 5.75 Å². The third-order valence-electron chi connectivity index (χ3n) is 4.57. The molecule has 0 saturated carbocycles. The average molecular weight is 335 g/mol.